The maximum atomic E-state index is 6.51. The van der Waals surface area contributed by atoms with Crippen molar-refractivity contribution in [2.75, 3.05) is 4.90 Å². The Bertz CT molecular complexity index is 4110. The van der Waals surface area contributed by atoms with Crippen molar-refractivity contribution >= 4 is 88.6 Å². The lowest BCUT2D eigenvalue weighted by Gasteiger charge is -2.30. The van der Waals surface area contributed by atoms with Gasteiger partial charge in [0.25, 0.3) is 0 Å². The summed E-state index contributed by atoms with van der Waals surface area (Å²) < 4.78 is 11.4. The first-order chi connectivity index (χ1) is 33.7. The van der Waals surface area contributed by atoms with E-state index in [2.05, 4.69) is 251 Å². The first-order valence-electron chi connectivity index (χ1n) is 23.6. The number of benzene rings is 10. The topological polar surface area (TPSA) is 26.2 Å². The molecule has 4 nitrogen and oxygen atoms in total. The van der Waals surface area contributed by atoms with E-state index in [1.54, 1.807) is 0 Å². The van der Waals surface area contributed by atoms with Gasteiger partial charge in [0.2, 0.25) is 0 Å². The van der Waals surface area contributed by atoms with E-state index in [0.717, 1.165) is 79.9 Å². The molecule has 0 unspecified atom stereocenters. The fourth-order valence-corrected chi connectivity index (χ4v) is 11.1. The largest absolute Gasteiger partial charge is 0.456 e. The number of furan rings is 1. The van der Waals surface area contributed by atoms with Gasteiger partial charge >= 0.3 is 0 Å². The second kappa shape index (κ2) is 15.4. The van der Waals surface area contributed by atoms with Crippen LogP contribution in [0.25, 0.3) is 105 Å². The normalized spacial score (nSPS) is 12.5. The number of aryl methyl sites for hydroxylation is 1. The first-order valence-corrected chi connectivity index (χ1v) is 23.6. The Hall–Kier alpha value is -8.86. The lowest BCUT2D eigenvalue weighted by atomic mass is 9.98. The summed E-state index contributed by atoms with van der Waals surface area (Å²) in [7, 11) is 0. The number of nitrogens with zero attached hydrogens (tertiary/aromatic N) is 3. The van der Waals surface area contributed by atoms with Crippen molar-refractivity contribution in [3.05, 3.63) is 242 Å². The van der Waals surface area contributed by atoms with Crippen molar-refractivity contribution in [2.24, 2.45) is 0 Å². The summed E-state index contributed by atoms with van der Waals surface area (Å²) in [6.07, 6.45) is 6.71. The molecule has 320 valence electrons. The summed E-state index contributed by atoms with van der Waals surface area (Å²) in [5.41, 5.74) is 18.1. The highest BCUT2D eigenvalue weighted by Crippen LogP contribution is 2.47. The van der Waals surface area contributed by atoms with Crippen LogP contribution < -0.4 is 4.90 Å². The predicted molar refractivity (Wildman–Crippen MR) is 285 cm³/mol. The molecule has 0 bridgehead atoms. The Morgan fingerprint density at radius 1 is 0.397 bits per heavy atom. The Morgan fingerprint density at radius 3 is 1.74 bits per heavy atom. The van der Waals surface area contributed by atoms with E-state index in [0.29, 0.717) is 0 Å². The standard InChI is InChI=1S/C64H43N3O/c1-2-18-44-41-64-54(39-43(44)17-1)53-40-45(35-38-63(53)68-64)48-20-4-9-25-55(48)65(61-31-15-16-32-62(61)67-59-29-13-7-23-51(59)52-24-8-14-30-60(52)67)46-36-33-42(34-37-46)47-19-3-10-26-56(47)66-57-27-11-5-21-49(57)50-22-6-12-28-58(50)66/h1-7,9-23,25-41H,8,24H2. The molecule has 4 heteroatoms. The average Bonchev–Trinajstić information content (AvgIpc) is 4.06. The molecule has 3 heterocycles. The fourth-order valence-electron chi connectivity index (χ4n) is 11.1. The van der Waals surface area contributed by atoms with E-state index >= 15 is 0 Å². The molecule has 0 fully saturated rings. The molecule has 10 aromatic carbocycles. The van der Waals surface area contributed by atoms with Gasteiger partial charge in [0.1, 0.15) is 11.2 Å². The monoisotopic (exact) mass is 869 g/mol. The van der Waals surface area contributed by atoms with Gasteiger partial charge in [-0.15, -0.1) is 0 Å². The molecule has 13 aromatic rings. The molecule has 0 N–H and O–H groups in total. The molecule has 0 aliphatic heterocycles. The van der Waals surface area contributed by atoms with Gasteiger partial charge < -0.3 is 18.5 Å². The SMILES string of the molecule is C1=Cc2c(c3ccccc3n2-c2ccccc2N(c2ccc(-c3ccccc3-n3c4ccccc4c4ccccc43)cc2)c2ccccc2-c2ccc3oc4cc5ccccc5cc4c3c2)CC1. The van der Waals surface area contributed by atoms with Crippen LogP contribution in [0.2, 0.25) is 0 Å². The molecule has 0 saturated heterocycles. The number of rotatable bonds is 7. The van der Waals surface area contributed by atoms with Gasteiger partial charge in [-0.25, -0.2) is 0 Å². The number of para-hydroxylation sites is 7. The van der Waals surface area contributed by atoms with E-state index < -0.39 is 0 Å². The second-order valence-corrected chi connectivity index (χ2v) is 17.9. The Labute approximate surface area is 393 Å². The van der Waals surface area contributed by atoms with E-state index in [9.17, 15) is 0 Å². The fraction of sp³-hybridized carbons (Fsp3) is 0.0312. The van der Waals surface area contributed by atoms with Crippen molar-refractivity contribution in [1.82, 2.24) is 9.13 Å². The van der Waals surface area contributed by atoms with Crippen LogP contribution in [0.3, 0.4) is 0 Å². The molecule has 0 atom stereocenters. The molecule has 0 amide bonds. The summed E-state index contributed by atoms with van der Waals surface area (Å²) in [5.74, 6) is 0. The minimum atomic E-state index is 0.882. The zero-order chi connectivity index (χ0) is 44.7. The van der Waals surface area contributed by atoms with Crippen molar-refractivity contribution in [3.8, 4) is 33.6 Å². The van der Waals surface area contributed by atoms with Crippen molar-refractivity contribution in [2.45, 2.75) is 12.8 Å². The molecule has 0 spiro atoms. The van der Waals surface area contributed by atoms with Crippen LogP contribution in [-0.4, -0.2) is 9.13 Å². The van der Waals surface area contributed by atoms with E-state index in [4.69, 9.17) is 4.42 Å². The molecule has 68 heavy (non-hydrogen) atoms. The summed E-state index contributed by atoms with van der Waals surface area (Å²) in [6, 6.07) is 81.7. The lowest BCUT2D eigenvalue weighted by molar-refractivity contribution is 0.669. The zero-order valence-corrected chi connectivity index (χ0v) is 37.2. The molecule has 3 aromatic heterocycles. The van der Waals surface area contributed by atoms with Crippen molar-refractivity contribution in [1.29, 1.82) is 0 Å². The number of aromatic nitrogens is 2. The maximum absolute atomic E-state index is 6.51. The van der Waals surface area contributed by atoms with Crippen molar-refractivity contribution in [3.63, 3.8) is 0 Å². The quantitative estimate of drug-likeness (QED) is 0.159. The predicted octanol–water partition coefficient (Wildman–Crippen LogP) is 17.5. The van der Waals surface area contributed by atoms with Crippen LogP contribution in [0.4, 0.5) is 17.1 Å². The Kier molecular flexibility index (Phi) is 8.68. The molecular formula is C64H43N3O. The summed E-state index contributed by atoms with van der Waals surface area (Å²) >= 11 is 0. The van der Waals surface area contributed by atoms with Crippen LogP contribution in [-0.2, 0) is 6.42 Å². The summed E-state index contributed by atoms with van der Waals surface area (Å²) in [6.45, 7) is 0. The minimum absolute atomic E-state index is 0.882. The molecule has 1 aliphatic carbocycles. The smallest absolute Gasteiger partial charge is 0.136 e. The molecule has 0 radical (unpaired) electrons. The number of hydrogen-bond donors (Lipinski definition) is 0. The van der Waals surface area contributed by atoms with E-state index in [-0.39, 0.29) is 0 Å². The van der Waals surface area contributed by atoms with Gasteiger partial charge in [0.05, 0.1) is 39.3 Å². The third-order valence-electron chi connectivity index (χ3n) is 14.2. The highest BCUT2D eigenvalue weighted by molar-refractivity contribution is 6.12. The summed E-state index contributed by atoms with van der Waals surface area (Å²) in [5, 5.41) is 8.42. The first kappa shape index (κ1) is 38.4. The van der Waals surface area contributed by atoms with Crippen LogP contribution in [0.5, 0.6) is 0 Å². The molecule has 0 saturated carbocycles. The van der Waals surface area contributed by atoms with Crippen LogP contribution in [0.15, 0.2) is 235 Å². The van der Waals surface area contributed by atoms with Crippen molar-refractivity contribution < 1.29 is 4.42 Å². The van der Waals surface area contributed by atoms with Crippen LogP contribution in [0, 0.1) is 0 Å². The van der Waals surface area contributed by atoms with Gasteiger partial charge in [-0.2, -0.15) is 0 Å². The van der Waals surface area contributed by atoms with Crippen LogP contribution in [0.1, 0.15) is 17.7 Å². The Morgan fingerprint density at radius 2 is 0.971 bits per heavy atom. The van der Waals surface area contributed by atoms with Gasteiger partial charge in [-0.1, -0.05) is 152 Å². The second-order valence-electron chi connectivity index (χ2n) is 17.9. The highest BCUT2D eigenvalue weighted by atomic mass is 16.3. The van der Waals surface area contributed by atoms with Crippen LogP contribution >= 0.6 is 0 Å². The average molecular weight is 870 g/mol. The van der Waals surface area contributed by atoms with Gasteiger partial charge in [0.15, 0.2) is 0 Å². The van der Waals surface area contributed by atoms with Gasteiger partial charge in [-0.3, -0.25) is 0 Å². The molecular weight excluding hydrogens is 827 g/mol. The Balaban J connectivity index is 0.973. The number of allylic oxidation sites excluding steroid dienone is 1. The third-order valence-corrected chi connectivity index (χ3v) is 14.2. The highest BCUT2D eigenvalue weighted by Gasteiger charge is 2.25. The zero-order valence-electron chi connectivity index (χ0n) is 37.2. The van der Waals surface area contributed by atoms with E-state index in [1.807, 2.05) is 0 Å². The third kappa shape index (κ3) is 5.94. The lowest BCUT2D eigenvalue weighted by Crippen LogP contribution is -2.14. The molecule has 1 aliphatic rings. The summed E-state index contributed by atoms with van der Waals surface area (Å²) in [4.78, 5) is 2.46. The number of anilines is 3. The maximum Gasteiger partial charge on any atom is 0.136 e. The van der Waals surface area contributed by atoms with Gasteiger partial charge in [-0.05, 0) is 125 Å². The molecule has 14 rings (SSSR count). The number of fused-ring (bicyclic) bond motifs is 10. The van der Waals surface area contributed by atoms with E-state index in [1.165, 1.54) is 60.3 Å². The minimum Gasteiger partial charge on any atom is -0.456 e. The van der Waals surface area contributed by atoms with Gasteiger partial charge in [0, 0.05) is 49.4 Å². The number of hydrogen-bond acceptors (Lipinski definition) is 2.